The summed E-state index contributed by atoms with van der Waals surface area (Å²) in [6.45, 7) is 9.37. The Balaban J connectivity index is 2.84. The first kappa shape index (κ1) is 13.1. The van der Waals surface area contributed by atoms with Gasteiger partial charge in [0, 0.05) is 24.8 Å². The van der Waals surface area contributed by atoms with Gasteiger partial charge in [-0.2, -0.15) is 0 Å². The van der Waals surface area contributed by atoms with Crippen LogP contribution >= 0.6 is 12.2 Å². The molecule has 0 aliphatic rings. The van der Waals surface area contributed by atoms with E-state index in [0.717, 1.165) is 19.6 Å². The summed E-state index contributed by atoms with van der Waals surface area (Å²) in [5.41, 5.74) is -0.142. The van der Waals surface area contributed by atoms with Crippen molar-refractivity contribution < 1.29 is 0 Å². The molecule has 0 saturated heterocycles. The van der Waals surface area contributed by atoms with Gasteiger partial charge in [-0.25, -0.2) is 0 Å². The van der Waals surface area contributed by atoms with Gasteiger partial charge in [0.15, 0.2) is 4.77 Å². The van der Waals surface area contributed by atoms with Crippen LogP contribution in [0.5, 0.6) is 0 Å². The second-order valence-corrected chi connectivity index (χ2v) is 4.24. The summed E-state index contributed by atoms with van der Waals surface area (Å²) in [6, 6.07) is 1.78. The normalized spacial score (nSPS) is 13.0. The van der Waals surface area contributed by atoms with Crippen molar-refractivity contribution in [2.24, 2.45) is 0 Å². The van der Waals surface area contributed by atoms with Gasteiger partial charge in [-0.3, -0.25) is 9.78 Å². The molecule has 0 spiro atoms. The third kappa shape index (κ3) is 3.28. The lowest BCUT2D eigenvalue weighted by Crippen LogP contribution is -2.30. The summed E-state index contributed by atoms with van der Waals surface area (Å²) < 4.78 is 2.42. The minimum absolute atomic E-state index is 0.142. The van der Waals surface area contributed by atoms with Crippen molar-refractivity contribution in [3.63, 3.8) is 0 Å². The Morgan fingerprint density at radius 2 is 2.12 bits per heavy atom. The fraction of sp³-hybridized carbons (Fsp3) is 0.636. The van der Waals surface area contributed by atoms with E-state index in [2.05, 4.69) is 30.7 Å². The molecule has 16 heavy (non-hydrogen) atoms. The van der Waals surface area contributed by atoms with Gasteiger partial charge in [-0.15, -0.1) is 0 Å². The standard InChI is InChI=1S/C11H19N3OS/c1-4-13(5-2)8-9(3)14-7-6-10(15)12-11(14)16/h6-7,9H,4-5,8H2,1-3H3,(H,12,15,16). The third-order valence-corrected chi connectivity index (χ3v) is 3.06. The van der Waals surface area contributed by atoms with Crippen LogP contribution in [0.15, 0.2) is 17.1 Å². The molecule has 0 aliphatic heterocycles. The van der Waals surface area contributed by atoms with E-state index in [1.54, 1.807) is 6.20 Å². The molecule has 90 valence electrons. The van der Waals surface area contributed by atoms with Crippen LogP contribution in [-0.4, -0.2) is 34.1 Å². The Morgan fingerprint density at radius 3 is 2.62 bits per heavy atom. The van der Waals surface area contributed by atoms with Gasteiger partial charge < -0.3 is 9.47 Å². The highest BCUT2D eigenvalue weighted by Crippen LogP contribution is 2.07. The van der Waals surface area contributed by atoms with Crippen molar-refractivity contribution in [1.29, 1.82) is 0 Å². The Kier molecular flexibility index (Phi) is 4.89. The second kappa shape index (κ2) is 5.96. The summed E-state index contributed by atoms with van der Waals surface area (Å²) in [7, 11) is 0. The van der Waals surface area contributed by atoms with E-state index in [9.17, 15) is 4.79 Å². The van der Waals surface area contributed by atoms with E-state index in [1.165, 1.54) is 6.07 Å². The molecule has 0 bridgehead atoms. The number of hydrogen-bond donors (Lipinski definition) is 1. The lowest BCUT2D eigenvalue weighted by atomic mass is 10.3. The fourth-order valence-corrected chi connectivity index (χ4v) is 2.06. The zero-order valence-corrected chi connectivity index (χ0v) is 10.9. The fourth-order valence-electron chi connectivity index (χ4n) is 1.72. The Labute approximate surface area is 101 Å². The molecule has 1 aromatic rings. The van der Waals surface area contributed by atoms with Crippen molar-refractivity contribution >= 4 is 12.2 Å². The molecule has 4 nitrogen and oxygen atoms in total. The minimum atomic E-state index is -0.142. The first-order chi connectivity index (χ1) is 7.58. The van der Waals surface area contributed by atoms with Gasteiger partial charge in [0.1, 0.15) is 0 Å². The van der Waals surface area contributed by atoms with Gasteiger partial charge in [0.05, 0.1) is 0 Å². The number of rotatable bonds is 5. The highest BCUT2D eigenvalue weighted by atomic mass is 32.1. The van der Waals surface area contributed by atoms with Crippen LogP contribution in [0.1, 0.15) is 26.8 Å². The van der Waals surface area contributed by atoms with E-state index in [0.29, 0.717) is 4.77 Å². The summed E-state index contributed by atoms with van der Waals surface area (Å²) in [5.74, 6) is 0. The van der Waals surface area contributed by atoms with E-state index in [-0.39, 0.29) is 11.6 Å². The van der Waals surface area contributed by atoms with Gasteiger partial charge in [0.2, 0.25) is 0 Å². The monoisotopic (exact) mass is 241 g/mol. The highest BCUT2D eigenvalue weighted by molar-refractivity contribution is 7.71. The molecule has 0 fully saturated rings. The minimum Gasteiger partial charge on any atom is -0.321 e. The molecule has 5 heteroatoms. The van der Waals surface area contributed by atoms with E-state index in [1.807, 2.05) is 4.57 Å². The van der Waals surface area contributed by atoms with Crippen molar-refractivity contribution in [3.8, 4) is 0 Å². The summed E-state index contributed by atoms with van der Waals surface area (Å²) in [5, 5.41) is 0. The number of hydrogen-bond acceptors (Lipinski definition) is 3. The van der Waals surface area contributed by atoms with Gasteiger partial charge in [0.25, 0.3) is 5.56 Å². The predicted molar refractivity (Wildman–Crippen MR) is 68.4 cm³/mol. The van der Waals surface area contributed by atoms with Crippen molar-refractivity contribution in [3.05, 3.63) is 27.4 Å². The lowest BCUT2D eigenvalue weighted by Gasteiger charge is -2.24. The molecule has 1 unspecified atom stereocenters. The van der Waals surface area contributed by atoms with Crippen LogP contribution in [0.3, 0.4) is 0 Å². The van der Waals surface area contributed by atoms with Crippen LogP contribution in [0.2, 0.25) is 0 Å². The highest BCUT2D eigenvalue weighted by Gasteiger charge is 2.08. The van der Waals surface area contributed by atoms with Crippen LogP contribution in [0.25, 0.3) is 0 Å². The molecule has 1 N–H and O–H groups in total. The van der Waals surface area contributed by atoms with E-state index < -0.39 is 0 Å². The summed E-state index contributed by atoms with van der Waals surface area (Å²) >= 11 is 5.13. The molecular formula is C11H19N3OS. The quantitative estimate of drug-likeness (QED) is 0.799. The largest absolute Gasteiger partial charge is 0.321 e. The SMILES string of the molecule is CCN(CC)CC(C)n1ccc(=O)[nH]c1=S. The molecule has 0 saturated carbocycles. The van der Waals surface area contributed by atoms with Crippen LogP contribution in [0.4, 0.5) is 0 Å². The van der Waals surface area contributed by atoms with Crippen molar-refractivity contribution in [2.45, 2.75) is 26.8 Å². The molecule has 0 amide bonds. The maximum absolute atomic E-state index is 11.1. The zero-order valence-electron chi connectivity index (χ0n) is 10.1. The number of aromatic amines is 1. The van der Waals surface area contributed by atoms with Gasteiger partial charge in [-0.1, -0.05) is 13.8 Å². The smallest absolute Gasteiger partial charge is 0.251 e. The molecule has 1 aromatic heterocycles. The van der Waals surface area contributed by atoms with E-state index in [4.69, 9.17) is 12.2 Å². The molecule has 0 aliphatic carbocycles. The molecular weight excluding hydrogens is 222 g/mol. The lowest BCUT2D eigenvalue weighted by molar-refractivity contribution is 0.259. The van der Waals surface area contributed by atoms with E-state index >= 15 is 0 Å². The number of nitrogens with zero attached hydrogens (tertiary/aromatic N) is 2. The summed E-state index contributed by atoms with van der Waals surface area (Å²) in [4.78, 5) is 16.0. The van der Waals surface area contributed by atoms with Gasteiger partial charge in [-0.05, 0) is 32.2 Å². The van der Waals surface area contributed by atoms with Crippen molar-refractivity contribution in [1.82, 2.24) is 14.5 Å². The number of aromatic nitrogens is 2. The van der Waals surface area contributed by atoms with Crippen LogP contribution < -0.4 is 5.56 Å². The van der Waals surface area contributed by atoms with Crippen molar-refractivity contribution in [2.75, 3.05) is 19.6 Å². The predicted octanol–water partition coefficient (Wildman–Crippen LogP) is 1.81. The average Bonchev–Trinajstić information content (AvgIpc) is 2.25. The molecule has 0 aromatic carbocycles. The van der Waals surface area contributed by atoms with Crippen LogP contribution in [0, 0.1) is 4.77 Å². The Hall–Kier alpha value is -0.940. The zero-order chi connectivity index (χ0) is 12.1. The Morgan fingerprint density at radius 1 is 1.50 bits per heavy atom. The van der Waals surface area contributed by atoms with Gasteiger partial charge >= 0.3 is 0 Å². The molecule has 0 radical (unpaired) electrons. The molecule has 1 heterocycles. The summed E-state index contributed by atoms with van der Waals surface area (Å²) in [6.07, 6.45) is 1.76. The first-order valence-corrected chi connectivity index (χ1v) is 6.03. The first-order valence-electron chi connectivity index (χ1n) is 5.62. The Bertz CT molecular complexity index is 433. The maximum atomic E-state index is 11.1. The molecule has 1 rings (SSSR count). The topological polar surface area (TPSA) is 41.0 Å². The number of likely N-dealkylation sites (N-methyl/N-ethyl adjacent to an activating group) is 1. The molecule has 1 atom stereocenters. The number of nitrogens with one attached hydrogen (secondary N) is 1. The third-order valence-electron chi connectivity index (χ3n) is 2.74. The average molecular weight is 241 g/mol. The van der Waals surface area contributed by atoms with Crippen LogP contribution in [-0.2, 0) is 0 Å². The maximum Gasteiger partial charge on any atom is 0.251 e. The second-order valence-electron chi connectivity index (χ2n) is 3.85. The number of H-pyrrole nitrogens is 1.